The maximum atomic E-state index is 13.1. The van der Waals surface area contributed by atoms with E-state index in [-0.39, 0.29) is 16.7 Å². The zero-order chi connectivity index (χ0) is 18.0. The standard InChI is InChI=1S/C18H23N3O3S/c1-3-13-6-7-15(25(2,23)24)11-16(13)18(22)21-10-4-5-14(12-21)17-8-9-19-20-17/h6-9,11,14H,3-5,10,12H2,1-2H3,(H,19,20). The molecule has 134 valence electrons. The smallest absolute Gasteiger partial charge is 0.254 e. The second-order valence-corrected chi connectivity index (χ2v) is 8.56. The van der Waals surface area contributed by atoms with Gasteiger partial charge in [-0.05, 0) is 43.0 Å². The summed E-state index contributed by atoms with van der Waals surface area (Å²) in [5, 5.41) is 6.99. The van der Waals surface area contributed by atoms with Gasteiger partial charge < -0.3 is 4.90 Å². The summed E-state index contributed by atoms with van der Waals surface area (Å²) >= 11 is 0. The van der Waals surface area contributed by atoms with E-state index in [1.807, 2.05) is 17.9 Å². The number of nitrogens with one attached hydrogen (secondary N) is 1. The van der Waals surface area contributed by atoms with Gasteiger partial charge in [-0.25, -0.2) is 8.42 Å². The van der Waals surface area contributed by atoms with E-state index in [0.717, 1.165) is 30.4 Å². The number of hydrogen-bond donors (Lipinski definition) is 1. The van der Waals surface area contributed by atoms with Gasteiger partial charge in [-0.3, -0.25) is 9.89 Å². The molecule has 0 radical (unpaired) electrons. The number of aromatic amines is 1. The Balaban J connectivity index is 1.89. The van der Waals surface area contributed by atoms with Crippen LogP contribution in [-0.4, -0.2) is 48.8 Å². The fourth-order valence-corrected chi connectivity index (χ4v) is 4.02. The summed E-state index contributed by atoms with van der Waals surface area (Å²) in [5.41, 5.74) is 2.41. The highest BCUT2D eigenvalue weighted by atomic mass is 32.2. The molecule has 1 N–H and O–H groups in total. The number of amides is 1. The summed E-state index contributed by atoms with van der Waals surface area (Å²) in [7, 11) is -3.34. The lowest BCUT2D eigenvalue weighted by atomic mass is 9.94. The predicted octanol–water partition coefficient (Wildman–Crippen LogP) is 2.40. The van der Waals surface area contributed by atoms with Crippen molar-refractivity contribution in [2.24, 2.45) is 0 Å². The van der Waals surface area contributed by atoms with E-state index in [1.165, 1.54) is 6.07 Å². The fourth-order valence-electron chi connectivity index (χ4n) is 3.37. The number of H-pyrrole nitrogens is 1. The third-order valence-electron chi connectivity index (χ3n) is 4.79. The molecule has 1 aliphatic rings. The quantitative estimate of drug-likeness (QED) is 0.906. The normalized spacial score (nSPS) is 18.3. The van der Waals surface area contributed by atoms with Gasteiger partial charge >= 0.3 is 0 Å². The van der Waals surface area contributed by atoms with Crippen LogP contribution in [-0.2, 0) is 16.3 Å². The Labute approximate surface area is 148 Å². The largest absolute Gasteiger partial charge is 0.338 e. The lowest BCUT2D eigenvalue weighted by molar-refractivity contribution is 0.0704. The van der Waals surface area contributed by atoms with Crippen molar-refractivity contribution in [2.45, 2.75) is 37.0 Å². The Bertz CT molecular complexity index is 860. The zero-order valence-corrected chi connectivity index (χ0v) is 15.3. The minimum atomic E-state index is -3.34. The minimum Gasteiger partial charge on any atom is -0.338 e. The molecule has 1 fully saturated rings. The number of aryl methyl sites for hydroxylation is 1. The van der Waals surface area contributed by atoms with Crippen LogP contribution in [0.3, 0.4) is 0 Å². The highest BCUT2D eigenvalue weighted by Crippen LogP contribution is 2.27. The van der Waals surface area contributed by atoms with Crippen molar-refractivity contribution in [3.63, 3.8) is 0 Å². The van der Waals surface area contributed by atoms with Gasteiger partial charge in [0, 0.05) is 42.7 Å². The van der Waals surface area contributed by atoms with E-state index >= 15 is 0 Å². The monoisotopic (exact) mass is 361 g/mol. The van der Waals surface area contributed by atoms with Crippen LogP contribution in [0.5, 0.6) is 0 Å². The van der Waals surface area contributed by atoms with Crippen LogP contribution >= 0.6 is 0 Å². The molecule has 0 saturated carbocycles. The van der Waals surface area contributed by atoms with E-state index < -0.39 is 9.84 Å². The Morgan fingerprint density at radius 1 is 1.36 bits per heavy atom. The second kappa shape index (κ2) is 7.00. The number of hydrogen-bond acceptors (Lipinski definition) is 4. The van der Waals surface area contributed by atoms with Crippen molar-refractivity contribution in [1.82, 2.24) is 15.1 Å². The van der Waals surface area contributed by atoms with E-state index in [9.17, 15) is 13.2 Å². The van der Waals surface area contributed by atoms with Crippen LogP contribution in [0, 0.1) is 0 Å². The topological polar surface area (TPSA) is 83.1 Å². The number of rotatable bonds is 4. The third kappa shape index (κ3) is 3.76. The zero-order valence-electron chi connectivity index (χ0n) is 14.5. The van der Waals surface area contributed by atoms with E-state index in [1.54, 1.807) is 18.3 Å². The van der Waals surface area contributed by atoms with Gasteiger partial charge in [0.2, 0.25) is 0 Å². The van der Waals surface area contributed by atoms with E-state index in [2.05, 4.69) is 10.2 Å². The molecule has 3 rings (SSSR count). The number of nitrogens with zero attached hydrogens (tertiary/aromatic N) is 2. The number of sulfone groups is 1. The van der Waals surface area contributed by atoms with Gasteiger partial charge in [-0.1, -0.05) is 13.0 Å². The van der Waals surface area contributed by atoms with E-state index in [0.29, 0.717) is 25.1 Å². The molecule has 2 aromatic rings. The van der Waals surface area contributed by atoms with Crippen LogP contribution in [0.15, 0.2) is 35.4 Å². The van der Waals surface area contributed by atoms with Gasteiger partial charge in [-0.15, -0.1) is 0 Å². The van der Waals surface area contributed by atoms with Gasteiger partial charge in [-0.2, -0.15) is 5.10 Å². The van der Waals surface area contributed by atoms with Crippen LogP contribution < -0.4 is 0 Å². The lowest BCUT2D eigenvalue weighted by Crippen LogP contribution is -2.39. The Hall–Kier alpha value is -2.15. The number of aromatic nitrogens is 2. The SMILES string of the molecule is CCc1ccc(S(C)(=O)=O)cc1C(=O)N1CCCC(c2ccn[nH]2)C1. The summed E-state index contributed by atoms with van der Waals surface area (Å²) in [6.45, 7) is 3.28. The predicted molar refractivity (Wildman–Crippen MR) is 95.4 cm³/mol. The van der Waals surface area contributed by atoms with Gasteiger partial charge in [0.25, 0.3) is 5.91 Å². The van der Waals surface area contributed by atoms with Crippen LogP contribution in [0.1, 0.15) is 47.3 Å². The first kappa shape index (κ1) is 17.7. The lowest BCUT2D eigenvalue weighted by Gasteiger charge is -2.32. The number of likely N-dealkylation sites (tertiary alicyclic amines) is 1. The number of benzene rings is 1. The molecule has 1 amide bonds. The maximum absolute atomic E-state index is 13.1. The molecule has 0 aliphatic carbocycles. The van der Waals surface area contributed by atoms with Crippen molar-refractivity contribution in [2.75, 3.05) is 19.3 Å². The molecular weight excluding hydrogens is 338 g/mol. The Morgan fingerprint density at radius 2 is 2.16 bits per heavy atom. The molecule has 1 aromatic carbocycles. The summed E-state index contributed by atoms with van der Waals surface area (Å²) in [6.07, 6.45) is 5.50. The van der Waals surface area contributed by atoms with Crippen LogP contribution in [0.4, 0.5) is 0 Å². The van der Waals surface area contributed by atoms with Crippen LogP contribution in [0.25, 0.3) is 0 Å². The third-order valence-corrected chi connectivity index (χ3v) is 5.90. The average Bonchev–Trinajstić information content (AvgIpc) is 3.14. The molecule has 1 saturated heterocycles. The van der Waals surface area contributed by atoms with Gasteiger partial charge in [0.15, 0.2) is 9.84 Å². The average molecular weight is 361 g/mol. The van der Waals surface area contributed by atoms with Crippen molar-refractivity contribution in [3.05, 3.63) is 47.3 Å². The summed E-state index contributed by atoms with van der Waals surface area (Å²) < 4.78 is 23.7. The molecule has 2 heterocycles. The molecule has 1 aliphatic heterocycles. The minimum absolute atomic E-state index is 0.0911. The number of carbonyl (C=O) groups excluding carboxylic acids is 1. The maximum Gasteiger partial charge on any atom is 0.254 e. The molecule has 0 spiro atoms. The Morgan fingerprint density at radius 3 is 2.80 bits per heavy atom. The molecular formula is C18H23N3O3S. The number of carbonyl (C=O) groups is 1. The second-order valence-electron chi connectivity index (χ2n) is 6.55. The number of piperidine rings is 1. The molecule has 1 atom stereocenters. The summed E-state index contributed by atoms with van der Waals surface area (Å²) in [4.78, 5) is 15.1. The molecule has 25 heavy (non-hydrogen) atoms. The van der Waals surface area contributed by atoms with Crippen molar-refractivity contribution in [3.8, 4) is 0 Å². The molecule has 0 bridgehead atoms. The van der Waals surface area contributed by atoms with Crippen molar-refractivity contribution < 1.29 is 13.2 Å². The summed E-state index contributed by atoms with van der Waals surface area (Å²) in [6, 6.07) is 6.80. The Kier molecular flexibility index (Phi) is 4.94. The first-order valence-electron chi connectivity index (χ1n) is 8.51. The highest BCUT2D eigenvalue weighted by molar-refractivity contribution is 7.90. The van der Waals surface area contributed by atoms with Gasteiger partial charge in [0.1, 0.15) is 0 Å². The summed E-state index contributed by atoms with van der Waals surface area (Å²) in [5.74, 6) is 0.148. The van der Waals surface area contributed by atoms with E-state index in [4.69, 9.17) is 0 Å². The van der Waals surface area contributed by atoms with Gasteiger partial charge in [0.05, 0.1) is 4.90 Å². The van der Waals surface area contributed by atoms with Crippen molar-refractivity contribution >= 4 is 15.7 Å². The molecule has 7 heteroatoms. The first-order valence-corrected chi connectivity index (χ1v) is 10.4. The molecule has 6 nitrogen and oxygen atoms in total. The first-order chi connectivity index (χ1) is 11.9. The molecule has 1 aromatic heterocycles. The van der Waals surface area contributed by atoms with Crippen molar-refractivity contribution in [1.29, 1.82) is 0 Å². The molecule has 1 unspecified atom stereocenters. The highest BCUT2D eigenvalue weighted by Gasteiger charge is 2.27. The fraction of sp³-hybridized carbons (Fsp3) is 0.444. The van der Waals surface area contributed by atoms with Crippen LogP contribution in [0.2, 0.25) is 0 Å².